The molecule has 1 aromatic carbocycles. The van der Waals surface area contributed by atoms with E-state index in [9.17, 15) is 23.6 Å². The number of amides is 3. The molecule has 0 saturated heterocycles. The first kappa shape index (κ1) is 27.6. The van der Waals surface area contributed by atoms with Gasteiger partial charge in [0.25, 0.3) is 11.8 Å². The minimum Gasteiger partial charge on any atom is -0.480 e. The summed E-state index contributed by atoms with van der Waals surface area (Å²) < 4.78 is 19.3. The van der Waals surface area contributed by atoms with Gasteiger partial charge in [0.2, 0.25) is 5.91 Å². The van der Waals surface area contributed by atoms with E-state index in [0.29, 0.717) is 40.4 Å². The summed E-state index contributed by atoms with van der Waals surface area (Å²) in [6.45, 7) is 7.18. The van der Waals surface area contributed by atoms with Gasteiger partial charge in [-0.05, 0) is 57.0 Å². The van der Waals surface area contributed by atoms with Crippen LogP contribution in [-0.4, -0.2) is 59.1 Å². The van der Waals surface area contributed by atoms with Crippen molar-refractivity contribution < 1.29 is 33.4 Å². The maximum atomic E-state index is 13.8. The number of carbonyl (C=O) groups is 4. The molecular weight excluding hydrogens is 483 g/mol. The molecule has 2 atom stereocenters. The van der Waals surface area contributed by atoms with Gasteiger partial charge in [-0.25, -0.2) is 9.18 Å². The number of benzene rings is 1. The molecule has 5 N–H and O–H groups in total. The lowest BCUT2D eigenvalue weighted by Crippen LogP contribution is -2.43. The largest absolute Gasteiger partial charge is 0.480 e. The minimum atomic E-state index is -1.12. The molecule has 1 aliphatic heterocycles. The molecule has 0 bridgehead atoms. The third kappa shape index (κ3) is 6.42. The number of hydrogen-bond acceptors (Lipinski definition) is 5. The standard InChI is InChI=1S/C26H31FN4O6/c1-5-19(26(35)36)30-22(32)10-16(37-6-2)12-28-25(34)23-13(3)21(29-14(23)4)11-18-17-9-15(27)7-8-20(17)31-24(18)33/h7-9,11,16,19,29H,5-6,10,12H2,1-4H3,(H,28,34)(H,30,32)(H,31,33)(H,35,36)/b18-11-. The van der Waals surface area contributed by atoms with E-state index in [-0.39, 0.29) is 30.9 Å². The molecule has 3 rings (SSSR count). The fourth-order valence-corrected chi connectivity index (χ4v) is 4.23. The molecule has 1 aromatic heterocycles. The van der Waals surface area contributed by atoms with Crippen LogP contribution in [0.2, 0.25) is 0 Å². The first-order valence-corrected chi connectivity index (χ1v) is 12.0. The highest BCUT2D eigenvalue weighted by Crippen LogP contribution is 2.34. The molecule has 1 aliphatic rings. The maximum absolute atomic E-state index is 13.8. The van der Waals surface area contributed by atoms with Crippen LogP contribution in [0.1, 0.15) is 59.6 Å². The molecular formula is C26H31FN4O6. The van der Waals surface area contributed by atoms with Gasteiger partial charge in [0.15, 0.2) is 0 Å². The zero-order valence-corrected chi connectivity index (χ0v) is 21.2. The van der Waals surface area contributed by atoms with Gasteiger partial charge < -0.3 is 30.8 Å². The van der Waals surface area contributed by atoms with Crippen molar-refractivity contribution in [1.82, 2.24) is 15.6 Å². The van der Waals surface area contributed by atoms with Crippen LogP contribution in [0.25, 0.3) is 11.6 Å². The first-order chi connectivity index (χ1) is 17.5. The van der Waals surface area contributed by atoms with E-state index in [1.165, 1.54) is 18.2 Å². The Balaban J connectivity index is 1.73. The Hall–Kier alpha value is -3.99. The number of halogens is 1. The summed E-state index contributed by atoms with van der Waals surface area (Å²) >= 11 is 0. The molecule has 2 aromatic rings. The number of aryl methyl sites for hydroxylation is 1. The third-order valence-corrected chi connectivity index (χ3v) is 6.10. The van der Waals surface area contributed by atoms with E-state index in [1.807, 2.05) is 0 Å². The molecule has 2 unspecified atom stereocenters. The van der Waals surface area contributed by atoms with Crippen LogP contribution in [0.4, 0.5) is 10.1 Å². The van der Waals surface area contributed by atoms with E-state index in [4.69, 9.17) is 9.84 Å². The van der Waals surface area contributed by atoms with Crippen LogP contribution in [-0.2, 0) is 19.1 Å². The summed E-state index contributed by atoms with van der Waals surface area (Å²) in [5, 5.41) is 17.0. The van der Waals surface area contributed by atoms with Crippen molar-refractivity contribution in [2.45, 2.75) is 52.7 Å². The Kier molecular flexibility index (Phi) is 8.82. The van der Waals surface area contributed by atoms with E-state index in [1.54, 1.807) is 33.8 Å². The highest BCUT2D eigenvalue weighted by atomic mass is 19.1. The summed E-state index contributed by atoms with van der Waals surface area (Å²) in [6.07, 6.45) is 1.05. The molecule has 0 spiro atoms. The van der Waals surface area contributed by atoms with Crippen LogP contribution in [0, 0.1) is 19.7 Å². The molecule has 0 radical (unpaired) electrons. The number of aromatic nitrogens is 1. The summed E-state index contributed by atoms with van der Waals surface area (Å²) in [7, 11) is 0. The number of H-pyrrole nitrogens is 1. The number of hydrogen-bond donors (Lipinski definition) is 5. The molecule has 0 aliphatic carbocycles. The lowest BCUT2D eigenvalue weighted by Gasteiger charge is -2.19. The first-order valence-electron chi connectivity index (χ1n) is 12.0. The number of rotatable bonds is 11. The Morgan fingerprint density at radius 3 is 2.59 bits per heavy atom. The predicted octanol–water partition coefficient (Wildman–Crippen LogP) is 2.77. The molecule has 2 heterocycles. The van der Waals surface area contributed by atoms with Crippen LogP contribution < -0.4 is 16.0 Å². The van der Waals surface area contributed by atoms with Crippen LogP contribution >= 0.6 is 0 Å². The molecule has 0 saturated carbocycles. The van der Waals surface area contributed by atoms with Gasteiger partial charge in [-0.15, -0.1) is 0 Å². The van der Waals surface area contributed by atoms with Crippen molar-refractivity contribution in [2.75, 3.05) is 18.5 Å². The predicted molar refractivity (Wildman–Crippen MR) is 135 cm³/mol. The van der Waals surface area contributed by atoms with Gasteiger partial charge in [0.1, 0.15) is 11.9 Å². The number of nitrogens with one attached hydrogen (secondary N) is 4. The number of anilines is 1. The van der Waals surface area contributed by atoms with Crippen molar-refractivity contribution >= 4 is 41.0 Å². The van der Waals surface area contributed by atoms with E-state index >= 15 is 0 Å². The van der Waals surface area contributed by atoms with E-state index < -0.39 is 35.7 Å². The monoisotopic (exact) mass is 514 g/mol. The van der Waals surface area contributed by atoms with Crippen molar-refractivity contribution in [3.8, 4) is 0 Å². The van der Waals surface area contributed by atoms with Crippen LogP contribution in [0.3, 0.4) is 0 Å². The quantitative estimate of drug-likeness (QED) is 0.291. The third-order valence-electron chi connectivity index (χ3n) is 6.10. The van der Waals surface area contributed by atoms with Gasteiger partial charge >= 0.3 is 5.97 Å². The second-order valence-electron chi connectivity index (χ2n) is 8.72. The lowest BCUT2D eigenvalue weighted by molar-refractivity contribution is -0.142. The summed E-state index contributed by atoms with van der Waals surface area (Å²) in [5.74, 6) is -2.85. The topological polar surface area (TPSA) is 150 Å². The average molecular weight is 515 g/mol. The second kappa shape index (κ2) is 11.8. The molecule has 3 amide bonds. The fourth-order valence-electron chi connectivity index (χ4n) is 4.23. The molecule has 198 valence electrons. The lowest BCUT2D eigenvalue weighted by atomic mass is 10.0. The molecule has 0 fully saturated rings. The van der Waals surface area contributed by atoms with Gasteiger partial charge in [-0.3, -0.25) is 14.4 Å². The number of fused-ring (bicyclic) bond motifs is 1. The Bertz CT molecular complexity index is 1250. The maximum Gasteiger partial charge on any atom is 0.326 e. The normalized spacial score (nSPS) is 15.2. The van der Waals surface area contributed by atoms with E-state index in [0.717, 1.165) is 0 Å². The van der Waals surface area contributed by atoms with Crippen molar-refractivity contribution in [1.29, 1.82) is 0 Å². The van der Waals surface area contributed by atoms with Crippen molar-refractivity contribution in [3.05, 3.63) is 52.1 Å². The molecule has 11 heteroatoms. The Morgan fingerprint density at radius 1 is 1.22 bits per heavy atom. The zero-order valence-electron chi connectivity index (χ0n) is 21.2. The Morgan fingerprint density at radius 2 is 1.95 bits per heavy atom. The molecule has 10 nitrogen and oxygen atoms in total. The zero-order chi connectivity index (χ0) is 27.3. The Labute approximate surface area is 213 Å². The second-order valence-corrected chi connectivity index (χ2v) is 8.72. The van der Waals surface area contributed by atoms with Gasteiger partial charge in [0.05, 0.1) is 23.7 Å². The molecule has 37 heavy (non-hydrogen) atoms. The minimum absolute atomic E-state index is 0.0273. The highest BCUT2D eigenvalue weighted by molar-refractivity contribution is 6.34. The number of aliphatic carboxylic acids is 1. The summed E-state index contributed by atoms with van der Waals surface area (Å²) in [5.41, 5.74) is 3.30. The smallest absolute Gasteiger partial charge is 0.326 e. The number of carboxylic acid groups (broad SMARTS) is 1. The fraction of sp³-hybridized carbons (Fsp3) is 0.385. The van der Waals surface area contributed by atoms with Gasteiger partial charge in [-0.1, -0.05) is 6.92 Å². The summed E-state index contributed by atoms with van der Waals surface area (Å²) in [6, 6.07) is 3.05. The van der Waals surface area contributed by atoms with Crippen LogP contribution in [0.5, 0.6) is 0 Å². The summed E-state index contributed by atoms with van der Waals surface area (Å²) in [4.78, 5) is 52.1. The SMILES string of the molecule is CCOC(CNC(=O)c1c(C)[nH]c(/C=C2\C(=O)Nc3ccc(F)cc32)c1C)CC(=O)NC(CC)C(=O)O. The number of carbonyl (C=O) groups excluding carboxylic acids is 3. The van der Waals surface area contributed by atoms with Gasteiger partial charge in [0, 0.05) is 35.8 Å². The van der Waals surface area contributed by atoms with Gasteiger partial charge in [-0.2, -0.15) is 0 Å². The number of ether oxygens (including phenoxy) is 1. The average Bonchev–Trinajstić information content (AvgIpc) is 3.30. The van der Waals surface area contributed by atoms with Crippen molar-refractivity contribution in [3.63, 3.8) is 0 Å². The highest BCUT2D eigenvalue weighted by Gasteiger charge is 2.27. The van der Waals surface area contributed by atoms with E-state index in [2.05, 4.69) is 20.9 Å². The van der Waals surface area contributed by atoms with Crippen molar-refractivity contribution in [2.24, 2.45) is 0 Å². The number of carboxylic acids is 1. The van der Waals surface area contributed by atoms with Crippen LogP contribution in [0.15, 0.2) is 18.2 Å². The number of aromatic amines is 1.